The van der Waals surface area contributed by atoms with E-state index in [9.17, 15) is 14.0 Å². The fraction of sp³-hybridized carbons (Fsp3) is 0.440. The van der Waals surface area contributed by atoms with Gasteiger partial charge in [-0.15, -0.1) is 11.8 Å². The number of rotatable bonds is 9. The number of benzene rings is 2. The van der Waals surface area contributed by atoms with Crippen LogP contribution in [0.1, 0.15) is 49.3 Å². The maximum atomic E-state index is 14.3. The van der Waals surface area contributed by atoms with Crippen molar-refractivity contribution in [2.75, 3.05) is 5.75 Å². The largest absolute Gasteiger partial charge is 0.352 e. The van der Waals surface area contributed by atoms with E-state index in [1.54, 1.807) is 25.1 Å². The van der Waals surface area contributed by atoms with Gasteiger partial charge in [-0.3, -0.25) is 9.59 Å². The monoisotopic (exact) mass is 442 g/mol. The first kappa shape index (κ1) is 23.3. The van der Waals surface area contributed by atoms with E-state index in [-0.39, 0.29) is 36.0 Å². The van der Waals surface area contributed by atoms with Gasteiger partial charge in [-0.1, -0.05) is 60.9 Å². The molecule has 31 heavy (non-hydrogen) atoms. The van der Waals surface area contributed by atoms with E-state index in [0.717, 1.165) is 31.2 Å². The van der Waals surface area contributed by atoms with Crippen LogP contribution in [-0.4, -0.2) is 34.6 Å². The first-order valence-corrected chi connectivity index (χ1v) is 12.1. The van der Waals surface area contributed by atoms with Crippen molar-refractivity contribution in [3.8, 4) is 0 Å². The lowest BCUT2D eigenvalue weighted by Crippen LogP contribution is -2.50. The maximum Gasteiger partial charge on any atom is 0.242 e. The Morgan fingerprint density at radius 2 is 1.90 bits per heavy atom. The number of carbonyl (C=O) groups is 2. The summed E-state index contributed by atoms with van der Waals surface area (Å²) in [6.45, 7) is 3.85. The number of hydrogen-bond acceptors (Lipinski definition) is 3. The second-order valence-corrected chi connectivity index (χ2v) is 9.25. The van der Waals surface area contributed by atoms with Crippen molar-refractivity contribution in [2.45, 2.75) is 63.9 Å². The summed E-state index contributed by atoms with van der Waals surface area (Å²) in [4.78, 5) is 27.5. The van der Waals surface area contributed by atoms with Crippen molar-refractivity contribution in [2.24, 2.45) is 0 Å². The molecule has 1 aliphatic carbocycles. The number of nitrogens with zero attached hydrogens (tertiary/aromatic N) is 1. The van der Waals surface area contributed by atoms with Gasteiger partial charge in [-0.25, -0.2) is 4.39 Å². The average Bonchev–Trinajstić information content (AvgIpc) is 3.25. The zero-order valence-electron chi connectivity index (χ0n) is 18.3. The molecule has 0 saturated heterocycles. The maximum absolute atomic E-state index is 14.3. The van der Waals surface area contributed by atoms with Crippen LogP contribution in [0.25, 0.3) is 0 Å². The quantitative estimate of drug-likeness (QED) is 0.604. The summed E-state index contributed by atoms with van der Waals surface area (Å²) in [5.74, 6) is 0.263. The lowest BCUT2D eigenvalue weighted by molar-refractivity contribution is -0.139. The fourth-order valence-corrected chi connectivity index (χ4v) is 4.78. The summed E-state index contributed by atoms with van der Waals surface area (Å²) in [7, 11) is 0. The summed E-state index contributed by atoms with van der Waals surface area (Å²) in [6, 6.07) is 14.1. The number of carbonyl (C=O) groups excluding carboxylic acids is 2. The van der Waals surface area contributed by atoms with Crippen LogP contribution >= 0.6 is 11.8 Å². The second kappa shape index (κ2) is 11.3. The molecule has 1 fully saturated rings. The van der Waals surface area contributed by atoms with Crippen LogP contribution in [0.2, 0.25) is 0 Å². The van der Waals surface area contributed by atoms with Crippen molar-refractivity contribution in [3.63, 3.8) is 0 Å². The number of hydrogen-bond donors (Lipinski definition) is 1. The van der Waals surface area contributed by atoms with E-state index in [1.165, 1.54) is 28.3 Å². The highest BCUT2D eigenvalue weighted by Gasteiger charge is 2.28. The molecule has 2 aromatic rings. The highest BCUT2D eigenvalue weighted by Crippen LogP contribution is 2.20. The molecule has 1 N–H and O–H groups in total. The Bertz CT molecular complexity index is 899. The molecule has 0 radical (unpaired) electrons. The summed E-state index contributed by atoms with van der Waals surface area (Å²) in [5.41, 5.74) is 2.76. The van der Waals surface area contributed by atoms with Crippen LogP contribution in [0, 0.1) is 12.7 Å². The van der Waals surface area contributed by atoms with Crippen molar-refractivity contribution >= 4 is 23.6 Å². The molecule has 2 amide bonds. The van der Waals surface area contributed by atoms with Gasteiger partial charge in [0.2, 0.25) is 11.8 Å². The topological polar surface area (TPSA) is 49.4 Å². The van der Waals surface area contributed by atoms with Crippen molar-refractivity contribution in [1.82, 2.24) is 10.2 Å². The van der Waals surface area contributed by atoms with Gasteiger partial charge >= 0.3 is 0 Å². The van der Waals surface area contributed by atoms with Gasteiger partial charge in [-0.05, 0) is 38.3 Å². The third-order valence-corrected chi connectivity index (χ3v) is 6.73. The van der Waals surface area contributed by atoms with Gasteiger partial charge in [0.15, 0.2) is 0 Å². The molecular weight excluding hydrogens is 411 g/mol. The molecule has 0 heterocycles. The number of amides is 2. The Kier molecular flexibility index (Phi) is 8.52. The lowest BCUT2D eigenvalue weighted by atomic mass is 10.1. The molecule has 1 aliphatic rings. The van der Waals surface area contributed by atoms with Gasteiger partial charge < -0.3 is 10.2 Å². The van der Waals surface area contributed by atoms with Gasteiger partial charge in [0, 0.05) is 23.9 Å². The summed E-state index contributed by atoms with van der Waals surface area (Å²) >= 11 is 1.51. The molecule has 3 rings (SSSR count). The predicted molar refractivity (Wildman–Crippen MR) is 124 cm³/mol. The third kappa shape index (κ3) is 6.82. The van der Waals surface area contributed by atoms with Gasteiger partial charge in [-0.2, -0.15) is 0 Å². The molecule has 0 unspecified atom stereocenters. The zero-order chi connectivity index (χ0) is 22.2. The first-order chi connectivity index (χ1) is 14.9. The Balaban J connectivity index is 1.66. The van der Waals surface area contributed by atoms with Gasteiger partial charge in [0.1, 0.15) is 11.9 Å². The smallest absolute Gasteiger partial charge is 0.242 e. The normalized spacial score (nSPS) is 14.9. The average molecular weight is 443 g/mol. The van der Waals surface area contributed by atoms with Crippen molar-refractivity contribution in [1.29, 1.82) is 0 Å². The second-order valence-electron chi connectivity index (χ2n) is 8.26. The molecule has 166 valence electrons. The minimum Gasteiger partial charge on any atom is -0.352 e. The van der Waals surface area contributed by atoms with Crippen molar-refractivity contribution < 1.29 is 14.0 Å². The third-order valence-electron chi connectivity index (χ3n) is 5.74. The van der Waals surface area contributed by atoms with E-state index in [1.807, 2.05) is 25.1 Å². The molecule has 0 bridgehead atoms. The van der Waals surface area contributed by atoms with Crippen LogP contribution in [0.4, 0.5) is 4.39 Å². The molecular formula is C25H31FN2O2S. The van der Waals surface area contributed by atoms with E-state index in [0.29, 0.717) is 11.3 Å². The number of halogens is 1. The van der Waals surface area contributed by atoms with E-state index in [4.69, 9.17) is 0 Å². The Morgan fingerprint density at radius 3 is 2.61 bits per heavy atom. The fourth-order valence-electron chi connectivity index (χ4n) is 3.93. The predicted octanol–water partition coefficient (Wildman–Crippen LogP) is 4.84. The number of nitrogens with one attached hydrogen (secondary N) is 1. The lowest BCUT2D eigenvalue weighted by Gasteiger charge is -2.29. The molecule has 6 heteroatoms. The van der Waals surface area contributed by atoms with Gasteiger partial charge in [0.25, 0.3) is 0 Å². The molecule has 0 aliphatic heterocycles. The van der Waals surface area contributed by atoms with E-state index >= 15 is 0 Å². The molecule has 1 saturated carbocycles. The molecule has 2 aromatic carbocycles. The number of thioether (sulfide) groups is 1. The first-order valence-electron chi connectivity index (χ1n) is 10.9. The Hall–Kier alpha value is -2.34. The van der Waals surface area contributed by atoms with Gasteiger partial charge in [0.05, 0.1) is 5.75 Å². The Morgan fingerprint density at radius 1 is 1.16 bits per heavy atom. The minimum absolute atomic E-state index is 0.0791. The van der Waals surface area contributed by atoms with E-state index in [2.05, 4.69) is 11.4 Å². The van der Waals surface area contributed by atoms with Crippen molar-refractivity contribution in [3.05, 3.63) is 71.0 Å². The highest BCUT2D eigenvalue weighted by atomic mass is 32.2. The zero-order valence-corrected chi connectivity index (χ0v) is 19.1. The van der Waals surface area contributed by atoms with Crippen LogP contribution in [0.3, 0.4) is 0 Å². The number of aryl methyl sites for hydroxylation is 1. The molecule has 0 spiro atoms. The molecule has 0 aromatic heterocycles. The van der Waals surface area contributed by atoms with Crippen LogP contribution in [-0.2, 0) is 21.9 Å². The minimum atomic E-state index is -0.660. The molecule has 4 nitrogen and oxygen atoms in total. The Labute approximate surface area is 188 Å². The van der Waals surface area contributed by atoms with Crippen LogP contribution in [0.15, 0.2) is 48.5 Å². The summed E-state index contributed by atoms with van der Waals surface area (Å²) in [5, 5.41) is 3.07. The highest BCUT2D eigenvalue weighted by molar-refractivity contribution is 7.99. The summed E-state index contributed by atoms with van der Waals surface area (Å²) in [6.07, 6.45) is 4.19. The van der Waals surface area contributed by atoms with Crippen LogP contribution in [0.5, 0.6) is 0 Å². The summed E-state index contributed by atoms with van der Waals surface area (Å²) < 4.78 is 14.3. The standard InChI is InChI=1S/C25H31FN2O2S/c1-18-8-7-9-20(14-18)16-31-17-24(29)28(15-21-10-3-6-13-23(21)26)19(2)25(30)27-22-11-4-5-12-22/h3,6-10,13-14,19,22H,4-5,11-12,15-17H2,1-2H3,(H,27,30)/t19-/m0/s1. The van der Waals surface area contributed by atoms with Crippen LogP contribution < -0.4 is 5.32 Å². The van der Waals surface area contributed by atoms with E-state index < -0.39 is 6.04 Å². The molecule has 1 atom stereocenters. The SMILES string of the molecule is Cc1cccc(CSCC(=O)N(Cc2ccccc2F)[C@@H](C)C(=O)NC2CCCC2)c1.